The summed E-state index contributed by atoms with van der Waals surface area (Å²) < 4.78 is 0. The summed E-state index contributed by atoms with van der Waals surface area (Å²) in [6, 6.07) is 4.47. The summed E-state index contributed by atoms with van der Waals surface area (Å²) in [5.41, 5.74) is 2.05. The number of aromatic nitrogens is 3. The normalized spacial score (nSPS) is 16.1. The summed E-state index contributed by atoms with van der Waals surface area (Å²) in [4.78, 5) is 15.3. The Balaban J connectivity index is 1.75. The number of nitrogens with zero attached hydrogens (tertiary/aromatic N) is 4. The second-order valence-electron chi connectivity index (χ2n) is 5.11. The third-order valence-corrected chi connectivity index (χ3v) is 3.80. The summed E-state index contributed by atoms with van der Waals surface area (Å²) in [6.45, 7) is 2.14. The monoisotopic (exact) mass is 269 g/mol. The molecule has 1 aliphatic heterocycles. The number of pyridine rings is 1. The molecule has 0 bridgehead atoms. The molecule has 3 rings (SSSR count). The Morgan fingerprint density at radius 3 is 2.50 bits per heavy atom. The zero-order valence-electron chi connectivity index (χ0n) is 11.7. The Kier molecular flexibility index (Phi) is 3.87. The molecule has 20 heavy (non-hydrogen) atoms. The van der Waals surface area contributed by atoms with E-state index in [-0.39, 0.29) is 0 Å². The van der Waals surface area contributed by atoms with Crippen LogP contribution in [0.25, 0.3) is 11.1 Å². The molecular formula is C15H19N5. The van der Waals surface area contributed by atoms with E-state index < -0.39 is 0 Å². The maximum absolute atomic E-state index is 4.50. The van der Waals surface area contributed by atoms with E-state index >= 15 is 0 Å². The first-order valence-electron chi connectivity index (χ1n) is 7.00. The van der Waals surface area contributed by atoms with Gasteiger partial charge in [0.25, 0.3) is 0 Å². The fourth-order valence-corrected chi connectivity index (χ4v) is 2.54. The van der Waals surface area contributed by atoms with E-state index in [2.05, 4.69) is 32.2 Å². The van der Waals surface area contributed by atoms with Crippen molar-refractivity contribution in [2.45, 2.75) is 18.9 Å². The maximum Gasteiger partial charge on any atom is 0.225 e. The van der Waals surface area contributed by atoms with Crippen molar-refractivity contribution in [3.05, 3.63) is 36.9 Å². The van der Waals surface area contributed by atoms with Crippen LogP contribution >= 0.6 is 0 Å². The number of rotatable bonds is 3. The maximum atomic E-state index is 4.50. The smallest absolute Gasteiger partial charge is 0.225 e. The molecule has 0 aromatic carbocycles. The van der Waals surface area contributed by atoms with E-state index in [1.54, 1.807) is 6.20 Å². The van der Waals surface area contributed by atoms with Gasteiger partial charge in [-0.3, -0.25) is 4.98 Å². The zero-order valence-corrected chi connectivity index (χ0v) is 11.7. The highest BCUT2D eigenvalue weighted by atomic mass is 15.3. The number of anilines is 1. The summed E-state index contributed by atoms with van der Waals surface area (Å²) in [5.74, 6) is 0.796. The molecule has 0 radical (unpaired) electrons. The van der Waals surface area contributed by atoms with Gasteiger partial charge in [-0.15, -0.1) is 0 Å². The van der Waals surface area contributed by atoms with Gasteiger partial charge in [-0.05, 0) is 32.0 Å². The van der Waals surface area contributed by atoms with Crippen LogP contribution in [-0.4, -0.2) is 41.1 Å². The van der Waals surface area contributed by atoms with Crippen LogP contribution in [0.5, 0.6) is 0 Å². The average molecular weight is 269 g/mol. The van der Waals surface area contributed by atoms with E-state index in [0.717, 1.165) is 43.0 Å². The molecular weight excluding hydrogens is 250 g/mol. The van der Waals surface area contributed by atoms with Crippen LogP contribution in [0.4, 0.5) is 5.95 Å². The van der Waals surface area contributed by atoms with Gasteiger partial charge in [0.2, 0.25) is 5.95 Å². The summed E-state index contributed by atoms with van der Waals surface area (Å²) in [7, 11) is 2.08. The van der Waals surface area contributed by atoms with Gasteiger partial charge in [0.15, 0.2) is 0 Å². The molecule has 0 amide bonds. The van der Waals surface area contributed by atoms with Gasteiger partial charge in [-0.1, -0.05) is 6.07 Å². The van der Waals surface area contributed by atoms with Crippen LogP contribution in [0.2, 0.25) is 0 Å². The van der Waals surface area contributed by atoms with Gasteiger partial charge in [0.05, 0.1) is 0 Å². The molecule has 5 heteroatoms. The van der Waals surface area contributed by atoms with Gasteiger partial charge >= 0.3 is 0 Å². The first kappa shape index (κ1) is 13.0. The fourth-order valence-electron chi connectivity index (χ4n) is 2.54. The number of hydrogen-bond donors (Lipinski definition) is 1. The standard InChI is InChI=1S/C15H19N5/c1-20(14-4-7-16-8-5-14)15-18-10-13(11-19-15)12-3-2-6-17-9-12/h2-3,6,9-11,14,16H,4-5,7-8H2,1H3. The largest absolute Gasteiger partial charge is 0.341 e. The molecule has 1 N–H and O–H groups in total. The minimum Gasteiger partial charge on any atom is -0.341 e. The van der Waals surface area contributed by atoms with E-state index in [1.807, 2.05) is 30.7 Å². The minimum absolute atomic E-state index is 0.528. The second-order valence-corrected chi connectivity index (χ2v) is 5.11. The summed E-state index contributed by atoms with van der Waals surface area (Å²) >= 11 is 0. The predicted octanol–water partition coefficient (Wildman–Crippen LogP) is 1.73. The Hall–Kier alpha value is -2.01. The minimum atomic E-state index is 0.528. The Bertz CT molecular complexity index is 534. The second kappa shape index (κ2) is 5.96. The molecule has 3 heterocycles. The van der Waals surface area contributed by atoms with E-state index in [0.29, 0.717) is 6.04 Å². The number of nitrogens with one attached hydrogen (secondary N) is 1. The topological polar surface area (TPSA) is 53.9 Å². The molecule has 2 aromatic heterocycles. The van der Waals surface area contributed by atoms with Gasteiger partial charge in [0.1, 0.15) is 0 Å². The number of hydrogen-bond acceptors (Lipinski definition) is 5. The lowest BCUT2D eigenvalue weighted by atomic mass is 10.1. The Morgan fingerprint density at radius 1 is 1.10 bits per heavy atom. The molecule has 0 unspecified atom stereocenters. The first-order valence-corrected chi connectivity index (χ1v) is 7.00. The molecule has 0 spiro atoms. The molecule has 0 aliphatic carbocycles. The molecule has 1 fully saturated rings. The highest BCUT2D eigenvalue weighted by molar-refractivity contribution is 5.60. The zero-order chi connectivity index (χ0) is 13.8. The van der Waals surface area contributed by atoms with Crippen molar-refractivity contribution in [1.82, 2.24) is 20.3 Å². The van der Waals surface area contributed by atoms with Crippen molar-refractivity contribution >= 4 is 5.95 Å². The van der Waals surface area contributed by atoms with Crippen LogP contribution < -0.4 is 10.2 Å². The molecule has 5 nitrogen and oxygen atoms in total. The van der Waals surface area contributed by atoms with E-state index in [9.17, 15) is 0 Å². The van der Waals surface area contributed by atoms with Crippen molar-refractivity contribution in [2.24, 2.45) is 0 Å². The van der Waals surface area contributed by atoms with E-state index in [4.69, 9.17) is 0 Å². The van der Waals surface area contributed by atoms with Gasteiger partial charge < -0.3 is 10.2 Å². The van der Waals surface area contributed by atoms with Gasteiger partial charge in [-0.25, -0.2) is 9.97 Å². The van der Waals surface area contributed by atoms with Gasteiger partial charge in [0, 0.05) is 49.0 Å². The third kappa shape index (κ3) is 2.77. The quantitative estimate of drug-likeness (QED) is 0.919. The van der Waals surface area contributed by atoms with Crippen LogP contribution in [0.3, 0.4) is 0 Å². The van der Waals surface area contributed by atoms with Crippen LogP contribution in [-0.2, 0) is 0 Å². The lowest BCUT2D eigenvalue weighted by molar-refractivity contribution is 0.439. The van der Waals surface area contributed by atoms with Crippen LogP contribution in [0, 0.1) is 0 Å². The van der Waals surface area contributed by atoms with Crippen molar-refractivity contribution in [3.63, 3.8) is 0 Å². The third-order valence-electron chi connectivity index (χ3n) is 3.80. The molecule has 1 saturated heterocycles. The summed E-state index contributed by atoms with van der Waals surface area (Å²) in [6.07, 6.45) is 9.63. The van der Waals surface area contributed by atoms with Crippen molar-refractivity contribution in [1.29, 1.82) is 0 Å². The lowest BCUT2D eigenvalue weighted by Crippen LogP contribution is -2.41. The molecule has 2 aromatic rings. The molecule has 0 atom stereocenters. The molecule has 0 saturated carbocycles. The fraction of sp³-hybridized carbons (Fsp3) is 0.400. The highest BCUT2D eigenvalue weighted by Gasteiger charge is 2.19. The lowest BCUT2D eigenvalue weighted by Gasteiger charge is -2.31. The van der Waals surface area contributed by atoms with E-state index in [1.165, 1.54) is 0 Å². The Morgan fingerprint density at radius 2 is 1.85 bits per heavy atom. The highest BCUT2D eigenvalue weighted by Crippen LogP contribution is 2.19. The molecule has 104 valence electrons. The molecule has 1 aliphatic rings. The SMILES string of the molecule is CN(c1ncc(-c2cccnc2)cn1)C1CCNCC1. The Labute approximate surface area is 119 Å². The van der Waals surface area contributed by atoms with Crippen molar-refractivity contribution in [2.75, 3.05) is 25.0 Å². The van der Waals surface area contributed by atoms with Crippen molar-refractivity contribution in [3.8, 4) is 11.1 Å². The average Bonchev–Trinajstić information content (AvgIpc) is 2.56. The van der Waals surface area contributed by atoms with Crippen molar-refractivity contribution < 1.29 is 0 Å². The number of piperidine rings is 1. The summed E-state index contributed by atoms with van der Waals surface area (Å²) in [5, 5.41) is 3.38. The first-order chi connectivity index (χ1) is 9.84. The van der Waals surface area contributed by atoms with Crippen LogP contribution in [0.15, 0.2) is 36.9 Å². The van der Waals surface area contributed by atoms with Gasteiger partial charge in [-0.2, -0.15) is 0 Å². The van der Waals surface area contributed by atoms with Crippen LogP contribution in [0.1, 0.15) is 12.8 Å². The predicted molar refractivity (Wildman–Crippen MR) is 79.6 cm³/mol.